The summed E-state index contributed by atoms with van der Waals surface area (Å²) < 4.78 is 7.63. The van der Waals surface area contributed by atoms with E-state index in [-0.39, 0.29) is 0 Å². The highest BCUT2D eigenvalue weighted by Crippen LogP contribution is 2.34. The van der Waals surface area contributed by atoms with Crippen molar-refractivity contribution >= 4 is 5.52 Å². The normalized spacial score (nSPS) is 20.5. The topological polar surface area (TPSA) is 29.8 Å². The zero-order valence-corrected chi connectivity index (χ0v) is 11.8. The van der Waals surface area contributed by atoms with E-state index in [0.29, 0.717) is 12.1 Å². The molecule has 0 amide bonds. The maximum absolute atomic E-state index is 5.49. The van der Waals surface area contributed by atoms with Crippen LogP contribution in [-0.4, -0.2) is 34.0 Å². The number of aromatic nitrogens is 2. The summed E-state index contributed by atoms with van der Waals surface area (Å²) in [7, 11) is 1.72. The molecule has 4 heteroatoms. The van der Waals surface area contributed by atoms with E-state index in [1.54, 1.807) is 7.11 Å². The lowest BCUT2D eigenvalue weighted by Gasteiger charge is -2.27. The van der Waals surface area contributed by atoms with Gasteiger partial charge in [0.05, 0.1) is 24.9 Å². The summed E-state index contributed by atoms with van der Waals surface area (Å²) >= 11 is 0. The molecule has 2 aromatic heterocycles. The van der Waals surface area contributed by atoms with Crippen LogP contribution in [0.25, 0.3) is 5.52 Å². The van der Waals surface area contributed by atoms with Gasteiger partial charge in [0.25, 0.3) is 0 Å². The fourth-order valence-corrected chi connectivity index (χ4v) is 3.12. The first-order valence-corrected chi connectivity index (χ1v) is 6.98. The molecule has 1 aliphatic heterocycles. The predicted molar refractivity (Wildman–Crippen MR) is 75.6 cm³/mol. The zero-order valence-electron chi connectivity index (χ0n) is 11.8. The van der Waals surface area contributed by atoms with Crippen molar-refractivity contribution in [2.75, 3.05) is 13.7 Å². The van der Waals surface area contributed by atoms with Crippen LogP contribution in [0.2, 0.25) is 0 Å². The Labute approximate surface area is 114 Å². The van der Waals surface area contributed by atoms with Crippen molar-refractivity contribution in [3.63, 3.8) is 0 Å². The van der Waals surface area contributed by atoms with Crippen molar-refractivity contribution in [2.45, 2.75) is 38.8 Å². The summed E-state index contributed by atoms with van der Waals surface area (Å²) in [6, 6.07) is 7.03. The van der Waals surface area contributed by atoms with Crippen LogP contribution in [0.3, 0.4) is 0 Å². The highest BCUT2D eigenvalue weighted by atomic mass is 16.5. The van der Waals surface area contributed by atoms with E-state index in [4.69, 9.17) is 4.74 Å². The third kappa shape index (κ3) is 2.00. The van der Waals surface area contributed by atoms with Crippen LogP contribution in [-0.2, 0) is 0 Å². The summed E-state index contributed by atoms with van der Waals surface area (Å²) in [4.78, 5) is 7.19. The number of rotatable bonds is 3. The summed E-state index contributed by atoms with van der Waals surface area (Å²) in [6.07, 6.45) is 4.36. The van der Waals surface area contributed by atoms with Crippen molar-refractivity contribution in [2.24, 2.45) is 0 Å². The van der Waals surface area contributed by atoms with Crippen LogP contribution in [0.4, 0.5) is 0 Å². The molecule has 3 rings (SSSR count). The van der Waals surface area contributed by atoms with Crippen LogP contribution in [0.5, 0.6) is 5.88 Å². The molecule has 4 nitrogen and oxygen atoms in total. The van der Waals surface area contributed by atoms with Gasteiger partial charge >= 0.3 is 0 Å². The highest BCUT2D eigenvalue weighted by Gasteiger charge is 2.31. The molecular formula is C15H21N3O. The Balaban J connectivity index is 2.10. The summed E-state index contributed by atoms with van der Waals surface area (Å²) in [6.45, 7) is 5.67. The number of nitrogens with zero attached hydrogens (tertiary/aromatic N) is 3. The molecule has 1 saturated heterocycles. The Bertz CT molecular complexity index is 576. The Kier molecular flexibility index (Phi) is 3.19. The average Bonchev–Trinajstić information content (AvgIpc) is 3.03. The van der Waals surface area contributed by atoms with Crippen molar-refractivity contribution in [1.29, 1.82) is 0 Å². The molecule has 0 saturated carbocycles. The van der Waals surface area contributed by atoms with E-state index in [1.807, 2.05) is 18.3 Å². The lowest BCUT2D eigenvalue weighted by molar-refractivity contribution is 0.197. The summed E-state index contributed by atoms with van der Waals surface area (Å²) in [5.41, 5.74) is 1.10. The molecule has 102 valence electrons. The maximum atomic E-state index is 5.49. The summed E-state index contributed by atoms with van der Waals surface area (Å²) in [5, 5.41) is 0. The van der Waals surface area contributed by atoms with Crippen molar-refractivity contribution < 1.29 is 4.74 Å². The number of hydrogen-bond acceptors (Lipinski definition) is 3. The number of fused-ring (bicyclic) bond motifs is 1. The number of ether oxygens (including phenoxy) is 1. The van der Waals surface area contributed by atoms with Gasteiger partial charge in [0.15, 0.2) is 5.88 Å². The lowest BCUT2D eigenvalue weighted by Crippen LogP contribution is -2.31. The first-order valence-electron chi connectivity index (χ1n) is 6.98. The van der Waals surface area contributed by atoms with Crippen LogP contribution in [0.1, 0.15) is 38.6 Å². The van der Waals surface area contributed by atoms with Gasteiger partial charge < -0.3 is 4.74 Å². The van der Waals surface area contributed by atoms with Gasteiger partial charge in [-0.25, -0.2) is 4.98 Å². The fraction of sp³-hybridized carbons (Fsp3) is 0.533. The second-order valence-corrected chi connectivity index (χ2v) is 5.43. The predicted octanol–water partition coefficient (Wildman–Crippen LogP) is 2.89. The molecular weight excluding hydrogens is 238 g/mol. The van der Waals surface area contributed by atoms with Crippen molar-refractivity contribution in [3.05, 3.63) is 30.2 Å². The van der Waals surface area contributed by atoms with Gasteiger partial charge in [0.1, 0.15) is 5.82 Å². The van der Waals surface area contributed by atoms with E-state index in [9.17, 15) is 0 Å². The number of likely N-dealkylation sites (tertiary alicyclic amines) is 1. The number of imidazole rings is 1. The number of methoxy groups -OCH3 is 1. The van der Waals surface area contributed by atoms with Crippen molar-refractivity contribution in [1.82, 2.24) is 14.3 Å². The smallest absolute Gasteiger partial charge is 0.199 e. The molecule has 19 heavy (non-hydrogen) atoms. The van der Waals surface area contributed by atoms with E-state index < -0.39 is 0 Å². The SMILES string of the molecule is COc1cccc2cnc(C3CCCN3C(C)C)n12. The monoisotopic (exact) mass is 259 g/mol. The van der Waals surface area contributed by atoms with Gasteiger partial charge in [-0.05, 0) is 45.4 Å². The molecule has 3 heterocycles. The lowest BCUT2D eigenvalue weighted by atomic mass is 10.2. The molecule has 1 atom stereocenters. The second kappa shape index (κ2) is 4.85. The van der Waals surface area contributed by atoms with E-state index in [0.717, 1.165) is 23.8 Å². The van der Waals surface area contributed by atoms with Gasteiger partial charge in [0.2, 0.25) is 0 Å². The van der Waals surface area contributed by atoms with Gasteiger partial charge in [0, 0.05) is 6.04 Å². The number of pyridine rings is 1. The zero-order chi connectivity index (χ0) is 13.4. The Morgan fingerprint density at radius 1 is 1.37 bits per heavy atom. The molecule has 0 spiro atoms. The minimum absolute atomic E-state index is 0.402. The van der Waals surface area contributed by atoms with E-state index in [1.165, 1.54) is 12.8 Å². The first-order chi connectivity index (χ1) is 9.22. The maximum Gasteiger partial charge on any atom is 0.199 e. The minimum atomic E-state index is 0.402. The van der Waals surface area contributed by atoms with Gasteiger partial charge in [-0.2, -0.15) is 0 Å². The van der Waals surface area contributed by atoms with Crippen LogP contribution >= 0.6 is 0 Å². The quantitative estimate of drug-likeness (QED) is 0.849. The highest BCUT2D eigenvalue weighted by molar-refractivity contribution is 5.49. The third-order valence-corrected chi connectivity index (χ3v) is 4.01. The summed E-state index contributed by atoms with van der Waals surface area (Å²) in [5.74, 6) is 1.97. The molecule has 2 aromatic rings. The van der Waals surface area contributed by atoms with Crippen LogP contribution < -0.4 is 4.74 Å². The van der Waals surface area contributed by atoms with E-state index >= 15 is 0 Å². The molecule has 1 fully saturated rings. The van der Waals surface area contributed by atoms with Gasteiger partial charge in [-0.3, -0.25) is 9.30 Å². The molecule has 0 N–H and O–H groups in total. The van der Waals surface area contributed by atoms with Crippen LogP contribution in [0, 0.1) is 0 Å². The fourth-order valence-electron chi connectivity index (χ4n) is 3.12. The molecule has 1 aliphatic rings. The standard InChI is InChI=1S/C15H21N3O/c1-11(2)17-9-5-7-13(17)15-16-10-12-6-4-8-14(19-3)18(12)15/h4,6,8,10-11,13H,5,7,9H2,1-3H3. The number of hydrogen-bond donors (Lipinski definition) is 0. The Morgan fingerprint density at radius 3 is 2.95 bits per heavy atom. The second-order valence-electron chi connectivity index (χ2n) is 5.43. The molecule has 0 radical (unpaired) electrons. The molecule has 0 bridgehead atoms. The Hall–Kier alpha value is -1.55. The van der Waals surface area contributed by atoms with E-state index in [2.05, 4.69) is 34.2 Å². The molecule has 0 aliphatic carbocycles. The Morgan fingerprint density at radius 2 is 2.21 bits per heavy atom. The first kappa shape index (κ1) is 12.5. The molecule has 0 aromatic carbocycles. The van der Waals surface area contributed by atoms with Crippen molar-refractivity contribution in [3.8, 4) is 5.88 Å². The van der Waals surface area contributed by atoms with Crippen LogP contribution in [0.15, 0.2) is 24.4 Å². The van der Waals surface area contributed by atoms with Gasteiger partial charge in [-0.15, -0.1) is 0 Å². The van der Waals surface area contributed by atoms with Gasteiger partial charge in [-0.1, -0.05) is 6.07 Å². The average molecular weight is 259 g/mol. The third-order valence-electron chi connectivity index (χ3n) is 4.01. The minimum Gasteiger partial charge on any atom is -0.482 e. The molecule has 1 unspecified atom stereocenters. The largest absolute Gasteiger partial charge is 0.482 e.